The van der Waals surface area contributed by atoms with Gasteiger partial charge in [0.15, 0.2) is 0 Å². The first-order valence-corrected chi connectivity index (χ1v) is 10.3. The van der Waals surface area contributed by atoms with Gasteiger partial charge in [0, 0.05) is 12.1 Å². The molecule has 0 saturated heterocycles. The molecule has 0 heterocycles. The molecule has 26 heavy (non-hydrogen) atoms. The zero-order valence-corrected chi connectivity index (χ0v) is 16.4. The summed E-state index contributed by atoms with van der Waals surface area (Å²) in [4.78, 5) is 12.3. The molecule has 2 aliphatic carbocycles. The van der Waals surface area contributed by atoms with E-state index in [1.807, 2.05) is 6.07 Å². The van der Waals surface area contributed by atoms with E-state index in [0.717, 1.165) is 69.9 Å². The Balaban J connectivity index is 1.46. The molecule has 2 saturated carbocycles. The highest BCUT2D eigenvalue weighted by molar-refractivity contribution is 6.30. The number of benzene rings is 1. The molecule has 1 aromatic carbocycles. The minimum atomic E-state index is -0.349. The van der Waals surface area contributed by atoms with E-state index in [-0.39, 0.29) is 17.3 Å². The van der Waals surface area contributed by atoms with Crippen LogP contribution in [-0.2, 0) is 4.79 Å². The summed E-state index contributed by atoms with van der Waals surface area (Å²) in [6, 6.07) is 5.06. The molecule has 0 aliphatic heterocycles. The van der Waals surface area contributed by atoms with Gasteiger partial charge in [-0.1, -0.05) is 30.5 Å². The standard InChI is InChI=1S/C21H30ClFN2O/c1-24-20(26)21(11-2-3-12-21)25-13-10-15-4-6-16(7-5-15)18-9-8-17(22)14-19(18)23/h8-9,14-16,25H,2-7,10-13H2,1H3,(H,24,26). The van der Waals surface area contributed by atoms with E-state index in [1.165, 1.54) is 6.07 Å². The van der Waals surface area contributed by atoms with Crippen LogP contribution in [0.15, 0.2) is 18.2 Å². The average Bonchev–Trinajstić information content (AvgIpc) is 3.12. The second-order valence-electron chi connectivity index (χ2n) is 7.97. The molecule has 2 N–H and O–H groups in total. The van der Waals surface area contributed by atoms with Crippen molar-refractivity contribution in [3.63, 3.8) is 0 Å². The second-order valence-corrected chi connectivity index (χ2v) is 8.40. The lowest BCUT2D eigenvalue weighted by atomic mass is 9.77. The monoisotopic (exact) mass is 380 g/mol. The largest absolute Gasteiger partial charge is 0.358 e. The number of hydrogen-bond acceptors (Lipinski definition) is 2. The van der Waals surface area contributed by atoms with E-state index in [4.69, 9.17) is 11.6 Å². The molecule has 0 radical (unpaired) electrons. The van der Waals surface area contributed by atoms with Crippen molar-refractivity contribution in [1.29, 1.82) is 0 Å². The van der Waals surface area contributed by atoms with Crippen LogP contribution in [0, 0.1) is 11.7 Å². The fraction of sp³-hybridized carbons (Fsp3) is 0.667. The van der Waals surface area contributed by atoms with Gasteiger partial charge >= 0.3 is 0 Å². The molecule has 0 aromatic heterocycles. The van der Waals surface area contributed by atoms with Crippen molar-refractivity contribution >= 4 is 17.5 Å². The van der Waals surface area contributed by atoms with E-state index in [0.29, 0.717) is 16.9 Å². The third-order valence-electron chi connectivity index (χ3n) is 6.38. The van der Waals surface area contributed by atoms with Crippen molar-refractivity contribution in [2.24, 2.45) is 5.92 Å². The lowest BCUT2D eigenvalue weighted by Gasteiger charge is -2.32. The lowest BCUT2D eigenvalue weighted by molar-refractivity contribution is -0.127. The number of halogens is 2. The smallest absolute Gasteiger partial charge is 0.240 e. The van der Waals surface area contributed by atoms with Gasteiger partial charge in [0.1, 0.15) is 5.82 Å². The molecule has 1 amide bonds. The van der Waals surface area contributed by atoms with E-state index in [2.05, 4.69) is 10.6 Å². The first kappa shape index (κ1) is 19.6. The molecule has 3 nitrogen and oxygen atoms in total. The molecule has 0 bridgehead atoms. The minimum Gasteiger partial charge on any atom is -0.358 e. The Labute approximate surface area is 161 Å². The SMILES string of the molecule is CNC(=O)C1(NCCC2CCC(c3ccc(Cl)cc3F)CC2)CCCC1. The van der Waals surface area contributed by atoms with Gasteiger partial charge in [-0.3, -0.25) is 4.79 Å². The predicted molar refractivity (Wildman–Crippen MR) is 104 cm³/mol. The molecular weight excluding hydrogens is 351 g/mol. The average molecular weight is 381 g/mol. The molecular formula is C21H30ClFN2O. The zero-order valence-electron chi connectivity index (χ0n) is 15.6. The fourth-order valence-electron chi connectivity index (χ4n) is 4.81. The number of carbonyl (C=O) groups is 1. The summed E-state index contributed by atoms with van der Waals surface area (Å²) in [6.45, 7) is 0.887. The first-order valence-electron chi connectivity index (χ1n) is 9.96. The number of amides is 1. The summed E-state index contributed by atoms with van der Waals surface area (Å²) >= 11 is 5.86. The van der Waals surface area contributed by atoms with Crippen LogP contribution in [0.25, 0.3) is 0 Å². The van der Waals surface area contributed by atoms with Gasteiger partial charge < -0.3 is 10.6 Å². The van der Waals surface area contributed by atoms with E-state index < -0.39 is 0 Å². The summed E-state index contributed by atoms with van der Waals surface area (Å²) < 4.78 is 14.1. The molecule has 3 rings (SSSR count). The van der Waals surface area contributed by atoms with Crippen LogP contribution in [0.2, 0.25) is 5.02 Å². The second kappa shape index (κ2) is 8.71. The van der Waals surface area contributed by atoms with Crippen molar-refractivity contribution in [3.8, 4) is 0 Å². The van der Waals surface area contributed by atoms with Gasteiger partial charge in [0.05, 0.1) is 5.54 Å². The van der Waals surface area contributed by atoms with Crippen LogP contribution in [-0.4, -0.2) is 25.0 Å². The quantitative estimate of drug-likeness (QED) is 0.744. The number of carbonyl (C=O) groups excluding carboxylic acids is 1. The maximum atomic E-state index is 14.1. The topological polar surface area (TPSA) is 41.1 Å². The van der Waals surface area contributed by atoms with Gasteiger partial charge in [0.25, 0.3) is 0 Å². The summed E-state index contributed by atoms with van der Waals surface area (Å²) in [7, 11) is 1.72. The van der Waals surface area contributed by atoms with Crippen LogP contribution in [0.5, 0.6) is 0 Å². The Morgan fingerprint density at radius 1 is 1.23 bits per heavy atom. The number of rotatable bonds is 6. The van der Waals surface area contributed by atoms with Crippen molar-refractivity contribution in [3.05, 3.63) is 34.6 Å². The van der Waals surface area contributed by atoms with E-state index in [1.54, 1.807) is 13.1 Å². The number of hydrogen-bond donors (Lipinski definition) is 2. The molecule has 0 atom stereocenters. The summed E-state index contributed by atoms with van der Waals surface area (Å²) in [5, 5.41) is 6.85. The van der Waals surface area contributed by atoms with Crippen LogP contribution < -0.4 is 10.6 Å². The third kappa shape index (κ3) is 4.40. The van der Waals surface area contributed by atoms with Gasteiger partial charge in [-0.15, -0.1) is 0 Å². The molecule has 1 aromatic rings. The predicted octanol–water partition coefficient (Wildman–Crippen LogP) is 4.79. The Morgan fingerprint density at radius 2 is 1.92 bits per heavy atom. The summed E-state index contributed by atoms with van der Waals surface area (Å²) in [5.41, 5.74) is 0.466. The highest BCUT2D eigenvalue weighted by Crippen LogP contribution is 2.38. The van der Waals surface area contributed by atoms with Crippen LogP contribution in [0.4, 0.5) is 4.39 Å². The zero-order chi connectivity index (χ0) is 18.6. The Hall–Kier alpha value is -1.13. The van der Waals surface area contributed by atoms with Gasteiger partial charge in [-0.25, -0.2) is 4.39 Å². The highest BCUT2D eigenvalue weighted by Gasteiger charge is 2.40. The summed E-state index contributed by atoms with van der Waals surface area (Å²) in [5.74, 6) is 0.939. The Morgan fingerprint density at radius 3 is 2.54 bits per heavy atom. The van der Waals surface area contributed by atoms with Crippen molar-refractivity contribution in [2.45, 2.75) is 69.2 Å². The molecule has 2 fully saturated rings. The van der Waals surface area contributed by atoms with Crippen molar-refractivity contribution in [1.82, 2.24) is 10.6 Å². The molecule has 144 valence electrons. The maximum absolute atomic E-state index is 14.1. The van der Waals surface area contributed by atoms with Gasteiger partial charge in [0.2, 0.25) is 5.91 Å². The normalized spacial score (nSPS) is 25.2. The minimum absolute atomic E-state index is 0.136. The molecule has 5 heteroatoms. The van der Waals surface area contributed by atoms with E-state index in [9.17, 15) is 9.18 Å². The third-order valence-corrected chi connectivity index (χ3v) is 6.62. The van der Waals surface area contributed by atoms with E-state index >= 15 is 0 Å². The Bertz CT molecular complexity index is 622. The molecule has 2 aliphatic rings. The van der Waals surface area contributed by atoms with Crippen LogP contribution in [0.3, 0.4) is 0 Å². The van der Waals surface area contributed by atoms with Crippen molar-refractivity contribution in [2.75, 3.05) is 13.6 Å². The summed E-state index contributed by atoms with van der Waals surface area (Å²) in [6.07, 6.45) is 9.53. The van der Waals surface area contributed by atoms with Crippen molar-refractivity contribution < 1.29 is 9.18 Å². The van der Waals surface area contributed by atoms with Gasteiger partial charge in [-0.05, 0) is 81.0 Å². The lowest BCUT2D eigenvalue weighted by Crippen LogP contribution is -2.54. The first-order chi connectivity index (χ1) is 12.5. The number of nitrogens with one attached hydrogen (secondary N) is 2. The molecule has 0 unspecified atom stereocenters. The fourth-order valence-corrected chi connectivity index (χ4v) is 4.97. The van der Waals surface area contributed by atoms with Crippen LogP contribution in [0.1, 0.15) is 69.3 Å². The van der Waals surface area contributed by atoms with Crippen LogP contribution >= 0.6 is 11.6 Å². The maximum Gasteiger partial charge on any atom is 0.240 e. The molecule has 0 spiro atoms. The Kier molecular flexibility index (Phi) is 6.57. The highest BCUT2D eigenvalue weighted by atomic mass is 35.5. The number of likely N-dealkylation sites (N-methyl/N-ethyl adjacent to an activating group) is 1. The van der Waals surface area contributed by atoms with Gasteiger partial charge in [-0.2, -0.15) is 0 Å².